The van der Waals surface area contributed by atoms with Gasteiger partial charge in [-0.1, -0.05) is 5.16 Å². The number of nitrogens with zero attached hydrogens (tertiary/aromatic N) is 5. The second kappa shape index (κ2) is 6.65. The Labute approximate surface area is 189 Å². The fraction of sp³-hybridized carbons (Fsp3) is 0.706. The predicted octanol–water partition coefficient (Wildman–Crippen LogP) is 2.10. The van der Waals surface area contributed by atoms with Crippen molar-refractivity contribution >= 4 is 57.1 Å². The Balaban J connectivity index is 1.28. The van der Waals surface area contributed by atoms with Gasteiger partial charge < -0.3 is 14.2 Å². The molecular weight excluding hydrogens is 595 g/mol. The Hall–Kier alpha value is -0.700. The van der Waals surface area contributed by atoms with Gasteiger partial charge in [-0.2, -0.15) is 4.98 Å². The van der Waals surface area contributed by atoms with Crippen molar-refractivity contribution in [1.29, 1.82) is 0 Å². The molecule has 6 rings (SSSR count). The Morgan fingerprint density at radius 1 is 1.36 bits per heavy atom. The third-order valence-corrected chi connectivity index (χ3v) is 7.17. The van der Waals surface area contributed by atoms with Crippen LogP contribution in [0.3, 0.4) is 0 Å². The number of carbonyl (C=O) groups is 1. The first-order chi connectivity index (χ1) is 13.2. The SMILES string of the molecule is CN(C)C(=O)C1[C@H]2CN(C3CC4COC3=CN4c3nc(C(F)(I)I)no3)C[C@@H]12. The molecule has 5 atom stereocenters. The van der Waals surface area contributed by atoms with Crippen molar-refractivity contribution in [1.82, 2.24) is 19.9 Å². The van der Waals surface area contributed by atoms with E-state index in [4.69, 9.17) is 9.26 Å². The highest BCUT2D eigenvalue weighted by Crippen LogP contribution is 2.54. The maximum absolute atomic E-state index is 14.0. The lowest BCUT2D eigenvalue weighted by molar-refractivity contribution is -0.131. The van der Waals surface area contributed by atoms with Crippen LogP contribution >= 0.6 is 45.2 Å². The summed E-state index contributed by atoms with van der Waals surface area (Å²) in [5.41, 5.74) is 0. The number of ether oxygens (including phenoxy) is 1. The van der Waals surface area contributed by atoms with E-state index in [1.54, 1.807) is 50.1 Å². The van der Waals surface area contributed by atoms with E-state index in [1.807, 2.05) is 25.2 Å². The first kappa shape index (κ1) is 19.3. The standard InChI is InChI=1S/C17H20FI2N5O3/c1-23(2)14(26)13-9-4-24(5-10(9)13)11-3-8-7-27-12(11)6-25(8)16-21-15(22-28-16)17(18,19)20/h6,8-11,13H,3-5,7H2,1-2H3/t8?,9-,10+,11?,13?. The summed E-state index contributed by atoms with van der Waals surface area (Å²) in [6.07, 6.45) is 2.80. The van der Waals surface area contributed by atoms with Gasteiger partial charge in [0.25, 0.3) is 1.68 Å². The van der Waals surface area contributed by atoms with Gasteiger partial charge in [0.1, 0.15) is 12.4 Å². The van der Waals surface area contributed by atoms with Gasteiger partial charge in [-0.25, -0.2) is 4.39 Å². The van der Waals surface area contributed by atoms with Crippen LogP contribution in [0.25, 0.3) is 0 Å². The lowest BCUT2D eigenvalue weighted by atomic mass is 9.96. The summed E-state index contributed by atoms with van der Waals surface area (Å²) in [4.78, 5) is 22.5. The maximum atomic E-state index is 14.0. The summed E-state index contributed by atoms with van der Waals surface area (Å²) in [7, 11) is 3.65. The molecule has 28 heavy (non-hydrogen) atoms. The molecule has 3 unspecified atom stereocenters. The highest BCUT2D eigenvalue weighted by molar-refractivity contribution is 14.2. The van der Waals surface area contributed by atoms with Gasteiger partial charge in [-0.05, 0) is 63.4 Å². The van der Waals surface area contributed by atoms with Crippen LogP contribution in [-0.2, 0) is 11.2 Å². The van der Waals surface area contributed by atoms with Crippen molar-refractivity contribution in [2.75, 3.05) is 38.7 Å². The second-order valence-electron chi connectivity index (χ2n) is 8.09. The predicted molar refractivity (Wildman–Crippen MR) is 115 cm³/mol. The van der Waals surface area contributed by atoms with Crippen molar-refractivity contribution in [3.8, 4) is 0 Å². The molecule has 0 radical (unpaired) electrons. The zero-order valence-corrected chi connectivity index (χ0v) is 19.7. The largest absolute Gasteiger partial charge is 0.493 e. The number of hydrogen-bond donors (Lipinski definition) is 0. The van der Waals surface area contributed by atoms with Crippen LogP contribution < -0.4 is 4.90 Å². The maximum Gasteiger partial charge on any atom is 0.328 e. The van der Waals surface area contributed by atoms with E-state index < -0.39 is 1.68 Å². The van der Waals surface area contributed by atoms with E-state index >= 15 is 0 Å². The molecule has 152 valence electrons. The van der Waals surface area contributed by atoms with Gasteiger partial charge in [-0.15, -0.1) is 0 Å². The average Bonchev–Trinajstić information content (AvgIpc) is 3.06. The van der Waals surface area contributed by atoms with Gasteiger partial charge in [0.15, 0.2) is 0 Å². The van der Waals surface area contributed by atoms with E-state index in [0.29, 0.717) is 24.5 Å². The minimum atomic E-state index is -1.70. The molecule has 2 bridgehead atoms. The first-order valence-electron chi connectivity index (χ1n) is 9.23. The normalized spacial score (nSPS) is 34.1. The number of halogens is 3. The molecule has 11 heteroatoms. The molecule has 1 aromatic heterocycles. The van der Waals surface area contributed by atoms with Gasteiger partial charge in [0.2, 0.25) is 11.7 Å². The monoisotopic (exact) mass is 615 g/mol. The van der Waals surface area contributed by atoms with Crippen LogP contribution in [0.15, 0.2) is 16.5 Å². The summed E-state index contributed by atoms with van der Waals surface area (Å²) in [6.45, 7) is 2.43. The van der Waals surface area contributed by atoms with Crippen LogP contribution in [0.5, 0.6) is 0 Å². The summed E-state index contributed by atoms with van der Waals surface area (Å²) >= 11 is 3.28. The van der Waals surface area contributed by atoms with Crippen molar-refractivity contribution in [2.24, 2.45) is 17.8 Å². The second-order valence-corrected chi connectivity index (χ2v) is 13.1. The Morgan fingerprint density at radius 2 is 2.07 bits per heavy atom. The lowest BCUT2D eigenvalue weighted by Gasteiger charge is -2.45. The van der Waals surface area contributed by atoms with E-state index in [9.17, 15) is 9.18 Å². The van der Waals surface area contributed by atoms with Crippen LogP contribution in [0.1, 0.15) is 12.2 Å². The van der Waals surface area contributed by atoms with E-state index in [-0.39, 0.29) is 29.7 Å². The van der Waals surface area contributed by atoms with Gasteiger partial charge >= 0.3 is 6.01 Å². The Kier molecular flexibility index (Phi) is 4.58. The first-order valence-corrected chi connectivity index (χ1v) is 11.4. The lowest BCUT2D eigenvalue weighted by Crippen LogP contribution is -2.53. The van der Waals surface area contributed by atoms with E-state index in [1.165, 1.54) is 0 Å². The molecule has 2 saturated heterocycles. The minimum Gasteiger partial charge on any atom is -0.493 e. The summed E-state index contributed by atoms with van der Waals surface area (Å²) in [5.74, 6) is 2.29. The molecule has 0 spiro atoms. The number of aromatic nitrogens is 2. The molecule has 5 aliphatic rings. The number of amides is 1. The topological polar surface area (TPSA) is 74.9 Å². The fourth-order valence-electron chi connectivity index (χ4n) is 4.74. The van der Waals surface area contributed by atoms with Crippen LogP contribution in [-0.4, -0.2) is 71.7 Å². The molecular formula is C17H20FI2N5O3. The number of alkyl halides is 3. The molecule has 0 N–H and O–H groups in total. The molecule has 1 aromatic rings. The third-order valence-electron chi connectivity index (χ3n) is 6.20. The summed E-state index contributed by atoms with van der Waals surface area (Å²) in [5, 5.41) is 3.76. The average molecular weight is 615 g/mol. The molecule has 5 heterocycles. The summed E-state index contributed by atoms with van der Waals surface area (Å²) in [6, 6.07) is 0.592. The molecule has 0 aromatic carbocycles. The van der Waals surface area contributed by atoms with E-state index in [2.05, 4.69) is 15.0 Å². The number of rotatable bonds is 4. The van der Waals surface area contributed by atoms with Gasteiger partial charge in [0, 0.05) is 39.3 Å². The highest BCUT2D eigenvalue weighted by atomic mass is 127. The molecule has 1 aliphatic carbocycles. The van der Waals surface area contributed by atoms with Crippen molar-refractivity contribution < 1.29 is 18.4 Å². The number of piperidine rings is 1. The fourth-order valence-corrected chi connectivity index (χ4v) is 5.18. The number of likely N-dealkylation sites (tertiary alicyclic amines) is 1. The van der Waals surface area contributed by atoms with Gasteiger partial charge in [0.05, 0.1) is 12.1 Å². The van der Waals surface area contributed by atoms with Crippen molar-refractivity contribution in [3.63, 3.8) is 0 Å². The number of hydrogen-bond acceptors (Lipinski definition) is 7. The molecule has 3 fully saturated rings. The molecule has 4 aliphatic heterocycles. The zero-order valence-electron chi connectivity index (χ0n) is 15.4. The van der Waals surface area contributed by atoms with Crippen LogP contribution in [0, 0.1) is 17.8 Å². The number of carbonyl (C=O) groups excluding carboxylic acids is 1. The Morgan fingerprint density at radius 3 is 2.61 bits per heavy atom. The third kappa shape index (κ3) is 3.11. The highest BCUT2D eigenvalue weighted by Gasteiger charge is 2.61. The van der Waals surface area contributed by atoms with E-state index in [0.717, 1.165) is 25.3 Å². The molecule has 8 nitrogen and oxygen atoms in total. The number of fused-ring (bicyclic) bond motifs is 4. The molecule has 1 saturated carbocycles. The Bertz CT molecular complexity index is 829. The minimum absolute atomic E-state index is 0.0252. The van der Waals surface area contributed by atoms with Crippen molar-refractivity contribution in [3.05, 3.63) is 17.8 Å². The quantitative estimate of drug-likeness (QED) is 0.380. The smallest absolute Gasteiger partial charge is 0.328 e. The number of anilines is 1. The zero-order chi connectivity index (χ0) is 19.8. The van der Waals surface area contributed by atoms with Crippen molar-refractivity contribution in [2.45, 2.75) is 20.2 Å². The van der Waals surface area contributed by atoms with Crippen LogP contribution in [0.2, 0.25) is 0 Å². The molecule has 1 amide bonds. The van der Waals surface area contributed by atoms with Gasteiger partial charge in [-0.3, -0.25) is 14.6 Å². The summed E-state index contributed by atoms with van der Waals surface area (Å²) < 4.78 is 23.5. The van der Waals surface area contributed by atoms with Crippen LogP contribution in [0.4, 0.5) is 10.4 Å².